The summed E-state index contributed by atoms with van der Waals surface area (Å²) in [4.78, 5) is 36.6. The summed E-state index contributed by atoms with van der Waals surface area (Å²) in [5.74, 6) is -4.43. The van der Waals surface area contributed by atoms with Crippen LogP contribution in [0, 0.1) is 11.7 Å². The molecule has 2 amide bonds. The Morgan fingerprint density at radius 2 is 1.81 bits per heavy atom. The number of likely N-dealkylation sites (tertiary alicyclic amines) is 1. The number of nitrogens with zero attached hydrogens (tertiary/aromatic N) is 1. The number of carbonyl (C=O) groups excluding carboxylic acids is 2. The molecule has 0 radical (unpaired) electrons. The van der Waals surface area contributed by atoms with Gasteiger partial charge in [-0.15, -0.1) is 0 Å². The van der Waals surface area contributed by atoms with Gasteiger partial charge in [-0.25, -0.2) is 9.18 Å². The van der Waals surface area contributed by atoms with Gasteiger partial charge in [0.2, 0.25) is 11.8 Å². The van der Waals surface area contributed by atoms with Crippen LogP contribution in [0.2, 0.25) is 0 Å². The quantitative estimate of drug-likeness (QED) is 0.773. The zero-order valence-electron chi connectivity index (χ0n) is 14.3. The summed E-state index contributed by atoms with van der Waals surface area (Å²) in [5.41, 5.74) is -1.99. The summed E-state index contributed by atoms with van der Waals surface area (Å²) < 4.78 is 51.9. The summed E-state index contributed by atoms with van der Waals surface area (Å²) >= 11 is 0. The number of rotatable bonds is 4. The molecule has 1 fully saturated rings. The van der Waals surface area contributed by atoms with Crippen LogP contribution in [-0.2, 0) is 20.6 Å². The van der Waals surface area contributed by atoms with Gasteiger partial charge < -0.3 is 15.3 Å². The van der Waals surface area contributed by atoms with Crippen LogP contribution in [0.25, 0.3) is 0 Å². The van der Waals surface area contributed by atoms with Crippen LogP contribution in [0.1, 0.15) is 36.9 Å². The van der Waals surface area contributed by atoms with Crippen molar-refractivity contribution in [3.05, 3.63) is 35.1 Å². The van der Waals surface area contributed by atoms with Crippen molar-refractivity contribution in [2.24, 2.45) is 5.92 Å². The maximum Gasteiger partial charge on any atom is 0.419 e. The fourth-order valence-corrected chi connectivity index (χ4v) is 2.94. The number of halogens is 4. The van der Waals surface area contributed by atoms with Crippen molar-refractivity contribution in [2.75, 3.05) is 13.1 Å². The molecule has 1 heterocycles. The molecule has 1 aliphatic rings. The van der Waals surface area contributed by atoms with Gasteiger partial charge in [-0.3, -0.25) is 9.59 Å². The maximum atomic E-state index is 13.4. The monoisotopic (exact) mass is 390 g/mol. The Hall–Kier alpha value is -2.65. The molecule has 10 heteroatoms. The van der Waals surface area contributed by atoms with E-state index in [1.807, 2.05) is 0 Å². The Labute approximate surface area is 152 Å². The average Bonchev–Trinajstić information content (AvgIpc) is 2.59. The van der Waals surface area contributed by atoms with Gasteiger partial charge in [-0.1, -0.05) is 6.07 Å². The lowest BCUT2D eigenvalue weighted by molar-refractivity contribution is -0.144. The predicted octanol–water partition coefficient (Wildman–Crippen LogP) is 2.34. The lowest BCUT2D eigenvalue weighted by Gasteiger charge is -2.31. The first-order chi connectivity index (χ1) is 12.5. The molecule has 1 aromatic carbocycles. The van der Waals surface area contributed by atoms with Crippen molar-refractivity contribution in [3.63, 3.8) is 0 Å². The molecule has 0 bridgehead atoms. The summed E-state index contributed by atoms with van der Waals surface area (Å²) in [7, 11) is 0. The molecule has 1 atom stereocenters. The number of alkyl halides is 3. The van der Waals surface area contributed by atoms with Gasteiger partial charge >= 0.3 is 12.1 Å². The maximum absolute atomic E-state index is 13.4. The Morgan fingerprint density at radius 1 is 1.22 bits per heavy atom. The average molecular weight is 390 g/mol. The second-order valence-corrected chi connectivity index (χ2v) is 6.30. The van der Waals surface area contributed by atoms with Gasteiger partial charge in [0.15, 0.2) is 6.04 Å². The minimum Gasteiger partial charge on any atom is -0.479 e. The van der Waals surface area contributed by atoms with Gasteiger partial charge in [0.05, 0.1) is 5.56 Å². The number of carbonyl (C=O) groups is 3. The van der Waals surface area contributed by atoms with Gasteiger partial charge in [-0.2, -0.15) is 13.2 Å². The van der Waals surface area contributed by atoms with Gasteiger partial charge in [0.1, 0.15) is 5.82 Å². The van der Waals surface area contributed by atoms with Crippen LogP contribution in [-0.4, -0.2) is 40.9 Å². The molecular formula is C17H18F4N2O4. The highest BCUT2D eigenvalue weighted by atomic mass is 19.4. The molecule has 1 aliphatic heterocycles. The molecule has 2 rings (SSSR count). The Morgan fingerprint density at radius 3 is 2.30 bits per heavy atom. The second kappa shape index (κ2) is 7.93. The number of hydrogen-bond acceptors (Lipinski definition) is 3. The standard InChI is InChI=1S/C17H18F4N2O4/c1-9(24)23-6-4-10(5-7-23)15(25)22-14(16(26)27)11-2-3-13(18)12(8-11)17(19,20)21/h2-3,8,10,14H,4-7H2,1H3,(H,22,25)(H,26,27). The van der Waals surface area contributed by atoms with E-state index in [0.717, 1.165) is 6.07 Å². The Kier molecular flexibility index (Phi) is 6.07. The number of carboxylic acid groups (broad SMARTS) is 1. The third-order valence-corrected chi connectivity index (χ3v) is 4.47. The Bertz CT molecular complexity index is 743. The largest absolute Gasteiger partial charge is 0.479 e. The molecule has 1 aromatic rings. The number of aliphatic carboxylic acids is 1. The van der Waals surface area contributed by atoms with E-state index in [2.05, 4.69) is 5.32 Å². The zero-order valence-corrected chi connectivity index (χ0v) is 14.3. The van der Waals surface area contributed by atoms with E-state index >= 15 is 0 Å². The van der Waals surface area contributed by atoms with E-state index in [1.165, 1.54) is 6.92 Å². The smallest absolute Gasteiger partial charge is 0.419 e. The third-order valence-electron chi connectivity index (χ3n) is 4.47. The van der Waals surface area contributed by atoms with Crippen molar-refractivity contribution >= 4 is 17.8 Å². The second-order valence-electron chi connectivity index (χ2n) is 6.30. The molecule has 6 nitrogen and oxygen atoms in total. The molecule has 0 saturated carbocycles. The highest BCUT2D eigenvalue weighted by Gasteiger charge is 2.36. The highest BCUT2D eigenvalue weighted by molar-refractivity contribution is 5.86. The van der Waals surface area contributed by atoms with E-state index in [0.29, 0.717) is 38.1 Å². The normalized spacial score (nSPS) is 16.7. The molecule has 27 heavy (non-hydrogen) atoms. The van der Waals surface area contributed by atoms with Crippen LogP contribution in [0.5, 0.6) is 0 Å². The van der Waals surface area contributed by atoms with E-state index < -0.39 is 41.4 Å². The lowest BCUT2D eigenvalue weighted by atomic mass is 9.94. The van der Waals surface area contributed by atoms with Gasteiger partial charge in [0, 0.05) is 25.9 Å². The number of nitrogens with one attached hydrogen (secondary N) is 1. The van der Waals surface area contributed by atoms with Gasteiger partial charge in [0.25, 0.3) is 0 Å². The van der Waals surface area contributed by atoms with E-state index in [4.69, 9.17) is 0 Å². The SMILES string of the molecule is CC(=O)N1CCC(C(=O)NC(C(=O)O)c2ccc(F)c(C(F)(F)F)c2)CC1. The highest BCUT2D eigenvalue weighted by Crippen LogP contribution is 2.33. The lowest BCUT2D eigenvalue weighted by Crippen LogP contribution is -2.44. The number of amides is 2. The topological polar surface area (TPSA) is 86.7 Å². The molecule has 0 aliphatic carbocycles. The van der Waals surface area contributed by atoms with E-state index in [1.54, 1.807) is 4.90 Å². The molecular weight excluding hydrogens is 372 g/mol. The molecule has 148 valence electrons. The molecule has 0 spiro atoms. The minimum absolute atomic E-state index is 0.136. The fraction of sp³-hybridized carbons (Fsp3) is 0.471. The van der Waals surface area contributed by atoms with Crippen LogP contribution in [0.3, 0.4) is 0 Å². The van der Waals surface area contributed by atoms with Crippen molar-refractivity contribution in [1.82, 2.24) is 10.2 Å². The number of piperidine rings is 1. The van der Waals surface area contributed by atoms with Crippen molar-refractivity contribution in [1.29, 1.82) is 0 Å². The minimum atomic E-state index is -4.99. The molecule has 1 saturated heterocycles. The summed E-state index contributed by atoms with van der Waals surface area (Å²) in [6, 6.07) is 0.0467. The van der Waals surface area contributed by atoms with E-state index in [9.17, 15) is 37.1 Å². The predicted molar refractivity (Wildman–Crippen MR) is 84.9 cm³/mol. The zero-order chi connectivity index (χ0) is 20.4. The first kappa shape index (κ1) is 20.7. The molecule has 1 unspecified atom stereocenters. The summed E-state index contributed by atoms with van der Waals surface area (Å²) in [6.07, 6.45) is -4.36. The number of carboxylic acids is 1. The van der Waals surface area contributed by atoms with Crippen LogP contribution < -0.4 is 5.32 Å². The first-order valence-electron chi connectivity index (χ1n) is 8.16. The third kappa shape index (κ3) is 4.95. The van der Waals surface area contributed by atoms with Crippen molar-refractivity contribution in [3.8, 4) is 0 Å². The van der Waals surface area contributed by atoms with Crippen LogP contribution in [0.15, 0.2) is 18.2 Å². The first-order valence-corrected chi connectivity index (χ1v) is 8.16. The molecule has 0 aromatic heterocycles. The molecule has 2 N–H and O–H groups in total. The Balaban J connectivity index is 2.16. The number of hydrogen-bond donors (Lipinski definition) is 2. The summed E-state index contributed by atoms with van der Waals surface area (Å²) in [6.45, 7) is 2.06. The van der Waals surface area contributed by atoms with Crippen LogP contribution >= 0.6 is 0 Å². The number of benzene rings is 1. The van der Waals surface area contributed by atoms with E-state index in [-0.39, 0.29) is 11.5 Å². The van der Waals surface area contributed by atoms with Crippen LogP contribution in [0.4, 0.5) is 17.6 Å². The van der Waals surface area contributed by atoms with Gasteiger partial charge in [-0.05, 0) is 30.5 Å². The van der Waals surface area contributed by atoms with Crippen molar-refractivity contribution < 1.29 is 37.1 Å². The fourth-order valence-electron chi connectivity index (χ4n) is 2.94. The summed E-state index contributed by atoms with van der Waals surface area (Å²) in [5, 5.41) is 11.5. The van der Waals surface area contributed by atoms with Crippen molar-refractivity contribution in [2.45, 2.75) is 32.0 Å².